The molecule has 0 amide bonds. The second kappa shape index (κ2) is 10.5. The van der Waals surface area contributed by atoms with Crippen LogP contribution in [0.1, 0.15) is 0 Å². The fraction of sp³-hybridized carbons (Fsp3) is 0. The molecule has 242 valence electrons. The summed E-state index contributed by atoms with van der Waals surface area (Å²) in [5.74, 6) is 0. The number of para-hydroxylation sites is 5. The summed E-state index contributed by atoms with van der Waals surface area (Å²) in [6.07, 6.45) is 0. The molecule has 0 aliphatic heterocycles. The topological polar surface area (TPSA) is 14.8 Å². The largest absolute Gasteiger partial charge is 0.309 e. The molecule has 0 atom stereocenters. The van der Waals surface area contributed by atoms with Gasteiger partial charge in [-0.3, -0.25) is 0 Å². The summed E-state index contributed by atoms with van der Waals surface area (Å²) in [6, 6.07) is 64.6. The molecule has 0 N–H and O–H groups in total. The standard InChI is InChI=1S/C48H29N3S/c1-6-18-39-32(12-1)33-13-2-7-19-40(33)49(39)30-24-26-31(27-25-30)50-43-29-28-37-36-16-5-10-23-45(36)52-48(37)46(43)38-17-11-22-44(47(38)50)51-41-20-8-3-14-34(41)35-15-4-9-21-42(35)51/h1-29H. The molecule has 0 aliphatic carbocycles. The Balaban J connectivity index is 1.19. The van der Waals surface area contributed by atoms with E-state index in [0.717, 1.165) is 11.4 Å². The zero-order valence-electron chi connectivity index (χ0n) is 28.0. The molecule has 0 aliphatic rings. The third-order valence-electron chi connectivity index (χ3n) is 11.0. The number of benzene rings is 8. The number of hydrogen-bond acceptors (Lipinski definition) is 1. The average Bonchev–Trinajstić information content (AvgIpc) is 3.94. The van der Waals surface area contributed by atoms with E-state index in [0.29, 0.717) is 0 Å². The van der Waals surface area contributed by atoms with Crippen molar-refractivity contribution >= 4 is 96.9 Å². The molecule has 12 aromatic rings. The van der Waals surface area contributed by atoms with Crippen LogP contribution in [0.4, 0.5) is 0 Å². The lowest BCUT2D eigenvalue weighted by atomic mass is 10.1. The summed E-state index contributed by atoms with van der Waals surface area (Å²) >= 11 is 1.90. The van der Waals surface area contributed by atoms with Crippen molar-refractivity contribution in [3.05, 3.63) is 176 Å². The fourth-order valence-electron chi connectivity index (χ4n) is 8.90. The van der Waals surface area contributed by atoms with Gasteiger partial charge in [-0.25, -0.2) is 0 Å². The molecule has 0 radical (unpaired) electrons. The van der Waals surface area contributed by atoms with Crippen LogP contribution in [0.5, 0.6) is 0 Å². The van der Waals surface area contributed by atoms with Crippen LogP contribution in [0.15, 0.2) is 176 Å². The first kappa shape index (κ1) is 28.1. The van der Waals surface area contributed by atoms with Gasteiger partial charge in [-0.15, -0.1) is 11.3 Å². The van der Waals surface area contributed by atoms with Crippen molar-refractivity contribution in [1.29, 1.82) is 0 Å². The third kappa shape index (κ3) is 3.69. The predicted molar refractivity (Wildman–Crippen MR) is 222 cm³/mol. The predicted octanol–water partition coefficient (Wildman–Crippen LogP) is 13.3. The normalized spacial score (nSPS) is 12.2. The van der Waals surface area contributed by atoms with E-state index in [1.54, 1.807) is 0 Å². The molecule has 4 heterocycles. The molecule has 0 spiro atoms. The van der Waals surface area contributed by atoms with E-state index < -0.39 is 0 Å². The first-order valence-corrected chi connectivity index (χ1v) is 18.6. The number of rotatable bonds is 3. The molecule has 12 rings (SSSR count). The molecule has 0 unspecified atom stereocenters. The van der Waals surface area contributed by atoms with Crippen molar-refractivity contribution in [2.75, 3.05) is 0 Å². The van der Waals surface area contributed by atoms with Crippen LogP contribution >= 0.6 is 11.3 Å². The first-order chi connectivity index (χ1) is 25.8. The summed E-state index contributed by atoms with van der Waals surface area (Å²) in [4.78, 5) is 0. The summed E-state index contributed by atoms with van der Waals surface area (Å²) in [6.45, 7) is 0. The average molecular weight is 680 g/mol. The molecular weight excluding hydrogens is 651 g/mol. The summed E-state index contributed by atoms with van der Waals surface area (Å²) in [7, 11) is 0. The molecule has 0 fully saturated rings. The number of nitrogens with zero attached hydrogens (tertiary/aromatic N) is 3. The van der Waals surface area contributed by atoms with Crippen LogP contribution in [0.3, 0.4) is 0 Å². The van der Waals surface area contributed by atoms with Crippen molar-refractivity contribution in [1.82, 2.24) is 13.7 Å². The minimum absolute atomic E-state index is 1.14. The highest BCUT2D eigenvalue weighted by Gasteiger charge is 2.22. The third-order valence-corrected chi connectivity index (χ3v) is 12.2. The lowest BCUT2D eigenvalue weighted by molar-refractivity contribution is 1.12. The number of fused-ring (bicyclic) bond motifs is 13. The maximum absolute atomic E-state index is 2.50. The van der Waals surface area contributed by atoms with E-state index in [2.05, 4.69) is 190 Å². The van der Waals surface area contributed by atoms with Gasteiger partial charge in [0.1, 0.15) is 0 Å². The quantitative estimate of drug-likeness (QED) is 0.177. The Kier molecular flexibility index (Phi) is 5.65. The monoisotopic (exact) mass is 679 g/mol. The van der Waals surface area contributed by atoms with Gasteiger partial charge in [0.05, 0.1) is 38.8 Å². The second-order valence-electron chi connectivity index (χ2n) is 13.7. The van der Waals surface area contributed by atoms with E-state index in [-0.39, 0.29) is 0 Å². The van der Waals surface area contributed by atoms with E-state index in [1.165, 1.54) is 91.3 Å². The highest BCUT2D eigenvalue weighted by atomic mass is 32.1. The van der Waals surface area contributed by atoms with Gasteiger partial charge < -0.3 is 13.7 Å². The van der Waals surface area contributed by atoms with E-state index in [9.17, 15) is 0 Å². The number of thiophene rings is 1. The van der Waals surface area contributed by atoms with Crippen LogP contribution in [0.2, 0.25) is 0 Å². The Morgan fingerprint density at radius 1 is 0.308 bits per heavy atom. The molecule has 3 nitrogen and oxygen atoms in total. The SMILES string of the molecule is c1ccc2c(c1)sc1c2ccc2c1c1cccc(-n3c4ccccc4c4ccccc43)c1n2-c1ccc(-n2c3ccccc3c3ccccc32)cc1. The van der Waals surface area contributed by atoms with Gasteiger partial charge in [-0.05, 0) is 66.7 Å². The van der Waals surface area contributed by atoms with Crippen LogP contribution < -0.4 is 0 Å². The Bertz CT molecular complexity index is 3300. The Morgan fingerprint density at radius 2 is 0.788 bits per heavy atom. The van der Waals surface area contributed by atoms with Gasteiger partial charge in [0.25, 0.3) is 0 Å². The van der Waals surface area contributed by atoms with Gasteiger partial charge in [-0.1, -0.05) is 109 Å². The summed E-state index contributed by atoms with van der Waals surface area (Å²) in [5, 5.41) is 10.3. The molecule has 0 saturated heterocycles. The second-order valence-corrected chi connectivity index (χ2v) is 14.8. The Labute approximate surface area is 302 Å². The van der Waals surface area contributed by atoms with Gasteiger partial charge in [0.15, 0.2) is 0 Å². The molecule has 0 bridgehead atoms. The lowest BCUT2D eigenvalue weighted by Gasteiger charge is -2.15. The van der Waals surface area contributed by atoms with Crippen LogP contribution in [0.25, 0.3) is 103 Å². The maximum atomic E-state index is 2.50. The van der Waals surface area contributed by atoms with Crippen molar-refractivity contribution < 1.29 is 0 Å². The van der Waals surface area contributed by atoms with Crippen LogP contribution in [-0.2, 0) is 0 Å². The molecule has 4 aromatic heterocycles. The summed E-state index contributed by atoms with van der Waals surface area (Å²) < 4.78 is 10.0. The molecule has 52 heavy (non-hydrogen) atoms. The summed E-state index contributed by atoms with van der Waals surface area (Å²) in [5.41, 5.74) is 10.7. The first-order valence-electron chi connectivity index (χ1n) is 17.8. The lowest BCUT2D eigenvalue weighted by Crippen LogP contribution is -2.01. The van der Waals surface area contributed by atoms with Gasteiger partial charge in [0, 0.05) is 63.9 Å². The highest BCUT2D eigenvalue weighted by Crippen LogP contribution is 2.45. The van der Waals surface area contributed by atoms with Crippen LogP contribution in [0, 0.1) is 0 Å². The minimum Gasteiger partial charge on any atom is -0.309 e. The highest BCUT2D eigenvalue weighted by molar-refractivity contribution is 7.26. The van der Waals surface area contributed by atoms with E-state index in [1.807, 2.05) is 11.3 Å². The molecule has 0 saturated carbocycles. The smallest absolute Gasteiger partial charge is 0.0782 e. The van der Waals surface area contributed by atoms with E-state index in [4.69, 9.17) is 0 Å². The Morgan fingerprint density at radius 3 is 1.38 bits per heavy atom. The van der Waals surface area contributed by atoms with Crippen molar-refractivity contribution in [3.8, 4) is 17.1 Å². The van der Waals surface area contributed by atoms with Crippen LogP contribution in [-0.4, -0.2) is 13.7 Å². The zero-order chi connectivity index (χ0) is 33.9. The minimum atomic E-state index is 1.14. The maximum Gasteiger partial charge on any atom is 0.0782 e. The zero-order valence-corrected chi connectivity index (χ0v) is 28.8. The number of aromatic nitrogens is 3. The number of hydrogen-bond donors (Lipinski definition) is 0. The Hall–Kier alpha value is -6.62. The van der Waals surface area contributed by atoms with Crippen molar-refractivity contribution in [3.63, 3.8) is 0 Å². The van der Waals surface area contributed by atoms with Crippen molar-refractivity contribution in [2.45, 2.75) is 0 Å². The van der Waals surface area contributed by atoms with Gasteiger partial charge in [-0.2, -0.15) is 0 Å². The van der Waals surface area contributed by atoms with E-state index >= 15 is 0 Å². The fourth-order valence-corrected chi connectivity index (χ4v) is 10.2. The molecule has 4 heteroatoms. The van der Waals surface area contributed by atoms with Crippen molar-refractivity contribution in [2.24, 2.45) is 0 Å². The molecule has 8 aromatic carbocycles. The van der Waals surface area contributed by atoms with Gasteiger partial charge >= 0.3 is 0 Å². The molecular formula is C48H29N3S. The van der Waals surface area contributed by atoms with Gasteiger partial charge in [0.2, 0.25) is 0 Å².